The minimum Gasteiger partial charge on any atom is -0.495 e. The van der Waals surface area contributed by atoms with Crippen LogP contribution >= 0.6 is 24.0 Å². The zero-order valence-corrected chi connectivity index (χ0v) is 15.5. The molecule has 1 aromatic rings. The number of nitrogens with one attached hydrogen (secondary N) is 1. The maximum Gasteiger partial charge on any atom is 0.240 e. The molecule has 23 heavy (non-hydrogen) atoms. The van der Waals surface area contributed by atoms with Gasteiger partial charge in [0.15, 0.2) is 0 Å². The van der Waals surface area contributed by atoms with Crippen molar-refractivity contribution < 1.29 is 13.2 Å². The highest BCUT2D eigenvalue weighted by Crippen LogP contribution is 2.29. The van der Waals surface area contributed by atoms with E-state index < -0.39 is 10.0 Å². The molecule has 3 N–H and O–H groups in total. The van der Waals surface area contributed by atoms with Crippen LogP contribution in [0, 0.1) is 5.92 Å². The Hall–Kier alpha value is -0.530. The van der Waals surface area contributed by atoms with Gasteiger partial charge in [0.05, 0.1) is 17.0 Å². The van der Waals surface area contributed by atoms with Crippen LogP contribution in [0.4, 0.5) is 0 Å². The quantitative estimate of drug-likeness (QED) is 0.792. The second-order valence-electron chi connectivity index (χ2n) is 5.66. The van der Waals surface area contributed by atoms with Crippen molar-refractivity contribution >= 4 is 34.0 Å². The average Bonchev–Trinajstić information content (AvgIpc) is 2.53. The van der Waals surface area contributed by atoms with Crippen LogP contribution in [0.25, 0.3) is 0 Å². The van der Waals surface area contributed by atoms with Gasteiger partial charge in [0.2, 0.25) is 10.0 Å². The molecule has 0 aromatic heterocycles. The summed E-state index contributed by atoms with van der Waals surface area (Å²) in [6.45, 7) is 0.299. The summed E-state index contributed by atoms with van der Waals surface area (Å²) < 4.78 is 32.8. The monoisotopic (exact) mass is 382 g/mol. The summed E-state index contributed by atoms with van der Waals surface area (Å²) in [6, 6.07) is 4.21. The zero-order valence-electron chi connectivity index (χ0n) is 13.1. The molecule has 2 rings (SSSR count). The molecule has 1 unspecified atom stereocenters. The molecule has 5 nitrogen and oxygen atoms in total. The van der Waals surface area contributed by atoms with Crippen molar-refractivity contribution in [2.45, 2.75) is 43.0 Å². The largest absolute Gasteiger partial charge is 0.495 e. The van der Waals surface area contributed by atoms with Gasteiger partial charge < -0.3 is 10.5 Å². The highest BCUT2D eigenvalue weighted by molar-refractivity contribution is 7.89. The third kappa shape index (κ3) is 5.22. The van der Waals surface area contributed by atoms with E-state index in [1.54, 1.807) is 6.07 Å². The van der Waals surface area contributed by atoms with E-state index in [1.807, 2.05) is 0 Å². The topological polar surface area (TPSA) is 81.4 Å². The Kier molecular flexibility index (Phi) is 8.10. The Labute approximate surface area is 149 Å². The summed E-state index contributed by atoms with van der Waals surface area (Å²) in [7, 11) is -2.15. The summed E-state index contributed by atoms with van der Waals surface area (Å²) in [5, 5.41) is 0.271. The van der Waals surface area contributed by atoms with Gasteiger partial charge in [0.25, 0.3) is 0 Å². The third-order valence-corrected chi connectivity index (χ3v) is 6.00. The smallest absolute Gasteiger partial charge is 0.240 e. The van der Waals surface area contributed by atoms with E-state index in [0.29, 0.717) is 18.2 Å². The van der Waals surface area contributed by atoms with Crippen molar-refractivity contribution in [1.82, 2.24) is 4.72 Å². The van der Waals surface area contributed by atoms with Crippen molar-refractivity contribution in [3.63, 3.8) is 0 Å². The predicted molar refractivity (Wildman–Crippen MR) is 95.0 cm³/mol. The highest BCUT2D eigenvalue weighted by Gasteiger charge is 2.27. The molecule has 8 heteroatoms. The Balaban J connectivity index is 0.00000264. The lowest BCUT2D eigenvalue weighted by atomic mass is 9.84. The number of methoxy groups -OCH3 is 1. The molecule has 0 aliphatic heterocycles. The van der Waals surface area contributed by atoms with E-state index in [1.165, 1.54) is 25.7 Å². The van der Waals surface area contributed by atoms with E-state index >= 15 is 0 Å². The first-order valence-electron chi connectivity index (χ1n) is 7.54. The highest BCUT2D eigenvalue weighted by atomic mass is 35.5. The summed E-state index contributed by atoms with van der Waals surface area (Å²) in [4.78, 5) is 0.132. The Morgan fingerprint density at radius 3 is 2.52 bits per heavy atom. The zero-order chi connectivity index (χ0) is 16.2. The first-order chi connectivity index (χ1) is 10.5. The molecule has 1 aromatic carbocycles. The van der Waals surface area contributed by atoms with Gasteiger partial charge in [0, 0.05) is 12.6 Å². The lowest BCUT2D eigenvalue weighted by molar-refractivity contribution is 0.294. The molecule has 1 aliphatic carbocycles. The lowest BCUT2D eigenvalue weighted by Crippen LogP contribution is -2.45. The molecule has 0 heterocycles. The van der Waals surface area contributed by atoms with Gasteiger partial charge in [-0.05, 0) is 37.0 Å². The number of rotatable bonds is 6. The van der Waals surface area contributed by atoms with Crippen LogP contribution in [-0.4, -0.2) is 28.1 Å². The molecule has 0 spiro atoms. The van der Waals surface area contributed by atoms with Crippen LogP contribution in [0.1, 0.15) is 32.1 Å². The van der Waals surface area contributed by atoms with Gasteiger partial charge in [-0.15, -0.1) is 12.4 Å². The maximum atomic E-state index is 12.5. The van der Waals surface area contributed by atoms with E-state index in [2.05, 4.69) is 4.72 Å². The first kappa shape index (κ1) is 20.5. The van der Waals surface area contributed by atoms with Crippen LogP contribution in [0.3, 0.4) is 0 Å². The summed E-state index contributed by atoms with van der Waals surface area (Å²) >= 11 is 6.01. The van der Waals surface area contributed by atoms with Crippen LogP contribution in [0.2, 0.25) is 5.02 Å². The molecule has 1 aliphatic rings. The van der Waals surface area contributed by atoms with Crippen molar-refractivity contribution in [2.75, 3.05) is 13.7 Å². The van der Waals surface area contributed by atoms with E-state index in [4.69, 9.17) is 22.1 Å². The minimum atomic E-state index is -3.64. The molecule has 1 fully saturated rings. The van der Waals surface area contributed by atoms with E-state index in [9.17, 15) is 8.42 Å². The summed E-state index contributed by atoms with van der Waals surface area (Å²) in [6.07, 6.45) is 5.53. The van der Waals surface area contributed by atoms with Crippen LogP contribution < -0.4 is 15.2 Å². The second-order valence-corrected chi connectivity index (χ2v) is 7.78. The maximum absolute atomic E-state index is 12.5. The van der Waals surface area contributed by atoms with Crippen molar-refractivity contribution in [3.8, 4) is 5.75 Å². The van der Waals surface area contributed by atoms with Gasteiger partial charge in [0.1, 0.15) is 5.75 Å². The van der Waals surface area contributed by atoms with Crippen molar-refractivity contribution in [2.24, 2.45) is 11.7 Å². The minimum absolute atomic E-state index is 0. The van der Waals surface area contributed by atoms with Gasteiger partial charge in [-0.3, -0.25) is 0 Å². The summed E-state index contributed by atoms with van der Waals surface area (Å²) in [5.41, 5.74) is 5.79. The standard InChI is InChI=1S/C15H23ClN2O3S.ClH/c1-21-15-8-7-12(9-13(15)16)22(19,20)18-14(10-17)11-5-3-2-4-6-11;/h7-9,11,14,18H,2-6,10,17H2,1H3;1H. The van der Waals surface area contributed by atoms with Crippen molar-refractivity contribution in [1.29, 1.82) is 0 Å². The fourth-order valence-electron chi connectivity index (χ4n) is 2.95. The predicted octanol–water partition coefficient (Wildman–Crippen LogP) is 2.96. The normalized spacial score (nSPS) is 17.3. The van der Waals surface area contributed by atoms with Crippen LogP contribution in [0.5, 0.6) is 5.75 Å². The third-order valence-electron chi connectivity index (χ3n) is 4.21. The molecule has 0 radical (unpaired) electrons. The number of halogens is 2. The fourth-order valence-corrected chi connectivity index (χ4v) is 4.62. The molecule has 0 bridgehead atoms. The molecule has 0 amide bonds. The molecular formula is C15H24Cl2N2O3S. The van der Waals surface area contributed by atoms with E-state index in [0.717, 1.165) is 25.7 Å². The molecule has 1 saturated carbocycles. The molecule has 0 saturated heterocycles. The number of hydrogen-bond donors (Lipinski definition) is 2. The number of nitrogens with two attached hydrogens (primary N) is 1. The van der Waals surface area contributed by atoms with Crippen molar-refractivity contribution in [3.05, 3.63) is 23.2 Å². The molecule has 1 atom stereocenters. The Bertz CT molecular complexity index is 605. The SMILES string of the molecule is COc1ccc(S(=O)(=O)NC(CN)C2CCCCC2)cc1Cl.Cl. The number of hydrogen-bond acceptors (Lipinski definition) is 4. The van der Waals surface area contributed by atoms with Gasteiger partial charge in [-0.25, -0.2) is 13.1 Å². The molecular weight excluding hydrogens is 359 g/mol. The Morgan fingerprint density at radius 2 is 2.00 bits per heavy atom. The van der Waals surface area contributed by atoms with Crippen LogP contribution in [-0.2, 0) is 10.0 Å². The van der Waals surface area contributed by atoms with Crippen LogP contribution in [0.15, 0.2) is 23.1 Å². The fraction of sp³-hybridized carbons (Fsp3) is 0.600. The first-order valence-corrected chi connectivity index (χ1v) is 9.40. The average molecular weight is 383 g/mol. The second kappa shape index (κ2) is 9.08. The number of sulfonamides is 1. The Morgan fingerprint density at radius 1 is 1.35 bits per heavy atom. The molecule has 132 valence electrons. The number of ether oxygens (including phenoxy) is 1. The van der Waals surface area contributed by atoms with E-state index in [-0.39, 0.29) is 28.4 Å². The number of benzene rings is 1. The lowest BCUT2D eigenvalue weighted by Gasteiger charge is -2.29. The van der Waals surface area contributed by atoms with Gasteiger partial charge in [-0.2, -0.15) is 0 Å². The summed E-state index contributed by atoms with van der Waals surface area (Å²) in [5.74, 6) is 0.755. The van der Waals surface area contributed by atoms with Gasteiger partial charge >= 0.3 is 0 Å². The van der Waals surface area contributed by atoms with Gasteiger partial charge in [-0.1, -0.05) is 30.9 Å².